The quantitative estimate of drug-likeness (QED) is 0.310. The molecule has 41 heavy (non-hydrogen) atoms. The van der Waals surface area contributed by atoms with Crippen LogP contribution >= 0.6 is 11.8 Å². The van der Waals surface area contributed by atoms with Crippen LogP contribution in [0.4, 0.5) is 10.5 Å². The molecule has 2 aliphatic rings. The summed E-state index contributed by atoms with van der Waals surface area (Å²) >= 11 is 0.858. The third-order valence-electron chi connectivity index (χ3n) is 7.51. The second-order valence-electron chi connectivity index (χ2n) is 9.97. The number of rotatable bonds is 6. The van der Waals surface area contributed by atoms with Gasteiger partial charge >= 0.3 is 0 Å². The van der Waals surface area contributed by atoms with Crippen LogP contribution in [0.1, 0.15) is 16.7 Å². The van der Waals surface area contributed by atoms with Crippen molar-refractivity contribution in [3.05, 3.63) is 107 Å². The van der Waals surface area contributed by atoms with E-state index in [-0.39, 0.29) is 17.4 Å². The number of carbonyl (C=O) groups excluding carboxylic acids is 3. The first-order valence-electron chi connectivity index (χ1n) is 13.4. The van der Waals surface area contributed by atoms with E-state index in [2.05, 4.69) is 11.0 Å². The topological polar surface area (TPSA) is 89.6 Å². The number of hydrogen-bond acceptors (Lipinski definition) is 6. The molecule has 3 heterocycles. The van der Waals surface area contributed by atoms with Crippen molar-refractivity contribution >= 4 is 51.5 Å². The fourth-order valence-electron chi connectivity index (χ4n) is 5.34. The minimum Gasteiger partial charge on any atom is -0.368 e. The first kappa shape index (κ1) is 26.4. The van der Waals surface area contributed by atoms with Gasteiger partial charge in [-0.2, -0.15) is 5.26 Å². The van der Waals surface area contributed by atoms with Crippen molar-refractivity contribution in [2.75, 3.05) is 37.6 Å². The van der Waals surface area contributed by atoms with Crippen molar-refractivity contribution in [1.29, 1.82) is 5.26 Å². The fraction of sp³-hybridized carbons (Fsp3) is 0.188. The normalized spacial score (nSPS) is 16.6. The molecule has 6 rings (SSSR count). The van der Waals surface area contributed by atoms with Crippen LogP contribution in [0.15, 0.2) is 90.0 Å². The standard InChI is InChI=1S/C32H27N5O3S/c33-19-23-8-4-5-9-24(23)20-36-21-25(27-12-6-7-13-28(27)36)18-29-31(39)37(32(40)41-29)22-30(38)35-16-14-34(15-17-35)26-10-2-1-3-11-26/h1-13,18,21H,14-17,20,22H2/b29-18+. The van der Waals surface area contributed by atoms with Crippen molar-refractivity contribution in [2.45, 2.75) is 6.54 Å². The van der Waals surface area contributed by atoms with Gasteiger partial charge in [0.1, 0.15) is 6.54 Å². The van der Waals surface area contributed by atoms with Crippen molar-refractivity contribution in [2.24, 2.45) is 0 Å². The van der Waals surface area contributed by atoms with Crippen molar-refractivity contribution in [3.8, 4) is 6.07 Å². The molecule has 8 nitrogen and oxygen atoms in total. The number of anilines is 1. The van der Waals surface area contributed by atoms with Gasteiger partial charge in [0.05, 0.1) is 16.5 Å². The Morgan fingerprint density at radius 3 is 2.39 bits per heavy atom. The number of nitrogens with zero attached hydrogens (tertiary/aromatic N) is 5. The van der Waals surface area contributed by atoms with Crippen LogP contribution in [0.3, 0.4) is 0 Å². The van der Waals surface area contributed by atoms with Gasteiger partial charge in [0, 0.05) is 61.1 Å². The Morgan fingerprint density at radius 1 is 0.902 bits per heavy atom. The fourth-order valence-corrected chi connectivity index (χ4v) is 6.17. The molecule has 0 N–H and O–H groups in total. The molecule has 2 aliphatic heterocycles. The number of aromatic nitrogens is 1. The van der Waals surface area contributed by atoms with E-state index in [0.717, 1.165) is 44.4 Å². The summed E-state index contributed by atoms with van der Waals surface area (Å²) < 4.78 is 2.04. The van der Waals surface area contributed by atoms with Crippen LogP contribution in [0.25, 0.3) is 17.0 Å². The summed E-state index contributed by atoms with van der Waals surface area (Å²) in [5, 5.41) is 10.0. The largest absolute Gasteiger partial charge is 0.368 e. The van der Waals surface area contributed by atoms with Gasteiger partial charge in [0.15, 0.2) is 0 Å². The molecule has 0 aliphatic carbocycles. The van der Waals surface area contributed by atoms with Gasteiger partial charge < -0.3 is 14.4 Å². The maximum Gasteiger partial charge on any atom is 0.294 e. The molecule has 0 radical (unpaired) electrons. The lowest BCUT2D eigenvalue weighted by Crippen LogP contribution is -2.51. The Labute approximate surface area is 242 Å². The highest BCUT2D eigenvalue weighted by molar-refractivity contribution is 8.18. The molecule has 4 aromatic rings. The van der Waals surface area contributed by atoms with E-state index >= 15 is 0 Å². The molecular formula is C32H27N5O3S. The lowest BCUT2D eigenvalue weighted by atomic mass is 10.1. The molecule has 2 saturated heterocycles. The maximum absolute atomic E-state index is 13.3. The van der Waals surface area contributed by atoms with Crippen LogP contribution in [-0.4, -0.2) is 64.1 Å². The Balaban J connectivity index is 1.17. The Bertz CT molecular complexity index is 1710. The lowest BCUT2D eigenvalue weighted by Gasteiger charge is -2.36. The number of amides is 3. The van der Waals surface area contributed by atoms with Crippen molar-refractivity contribution < 1.29 is 14.4 Å². The summed E-state index contributed by atoms with van der Waals surface area (Å²) in [5.41, 5.74) is 4.37. The summed E-state index contributed by atoms with van der Waals surface area (Å²) in [5.74, 6) is -0.683. The van der Waals surface area contributed by atoms with Crippen LogP contribution in [0.2, 0.25) is 0 Å². The molecule has 0 spiro atoms. The van der Waals surface area contributed by atoms with Gasteiger partial charge in [-0.25, -0.2) is 0 Å². The molecule has 3 aromatic carbocycles. The predicted octanol–water partition coefficient (Wildman–Crippen LogP) is 4.95. The molecular weight excluding hydrogens is 534 g/mol. The number of thioether (sulfide) groups is 1. The number of imide groups is 1. The van der Waals surface area contributed by atoms with Gasteiger partial charge in [-0.15, -0.1) is 0 Å². The van der Waals surface area contributed by atoms with E-state index in [0.29, 0.717) is 38.3 Å². The second kappa shape index (κ2) is 11.4. The van der Waals surface area contributed by atoms with E-state index in [1.807, 2.05) is 83.6 Å². The second-order valence-corrected chi connectivity index (χ2v) is 11.0. The van der Waals surface area contributed by atoms with E-state index in [1.165, 1.54) is 0 Å². The molecule has 3 amide bonds. The molecule has 9 heteroatoms. The number of fused-ring (bicyclic) bond motifs is 1. The van der Waals surface area contributed by atoms with Gasteiger partial charge in [0.25, 0.3) is 11.1 Å². The summed E-state index contributed by atoms with van der Waals surface area (Å²) in [6.07, 6.45) is 3.66. The zero-order chi connectivity index (χ0) is 28.3. The lowest BCUT2D eigenvalue weighted by molar-refractivity contribution is -0.136. The highest BCUT2D eigenvalue weighted by atomic mass is 32.2. The molecule has 2 fully saturated rings. The minimum atomic E-state index is -0.456. The van der Waals surface area contributed by atoms with Crippen molar-refractivity contribution in [3.63, 3.8) is 0 Å². The van der Waals surface area contributed by atoms with E-state index in [1.54, 1.807) is 17.0 Å². The third kappa shape index (κ3) is 5.34. The van der Waals surface area contributed by atoms with Crippen molar-refractivity contribution in [1.82, 2.24) is 14.4 Å². The molecule has 0 bridgehead atoms. The average molecular weight is 562 g/mol. The number of piperazine rings is 1. The summed E-state index contributed by atoms with van der Waals surface area (Å²) in [6.45, 7) is 2.69. The number of benzene rings is 3. The Hall–Kier alpha value is -4.81. The smallest absolute Gasteiger partial charge is 0.294 e. The Kier molecular flexibility index (Phi) is 7.32. The molecule has 0 atom stereocenters. The van der Waals surface area contributed by atoms with Gasteiger partial charge in [-0.1, -0.05) is 54.6 Å². The first-order valence-corrected chi connectivity index (χ1v) is 14.2. The van der Waals surface area contributed by atoms with Gasteiger partial charge in [-0.05, 0) is 47.7 Å². The molecule has 204 valence electrons. The molecule has 0 saturated carbocycles. The van der Waals surface area contributed by atoms with E-state index < -0.39 is 11.1 Å². The number of hydrogen-bond donors (Lipinski definition) is 0. The van der Waals surface area contributed by atoms with Gasteiger partial charge in [0.2, 0.25) is 5.91 Å². The third-order valence-corrected chi connectivity index (χ3v) is 8.41. The van der Waals surface area contributed by atoms with E-state index in [9.17, 15) is 19.6 Å². The van der Waals surface area contributed by atoms with Crippen LogP contribution < -0.4 is 4.90 Å². The highest BCUT2D eigenvalue weighted by Gasteiger charge is 2.37. The molecule has 1 aromatic heterocycles. The predicted molar refractivity (Wildman–Crippen MR) is 160 cm³/mol. The zero-order valence-corrected chi connectivity index (χ0v) is 23.1. The molecule has 0 unspecified atom stereocenters. The zero-order valence-electron chi connectivity index (χ0n) is 22.3. The maximum atomic E-state index is 13.3. The summed E-state index contributed by atoms with van der Waals surface area (Å²) in [7, 11) is 0. The number of para-hydroxylation sites is 2. The Morgan fingerprint density at radius 2 is 1.61 bits per heavy atom. The van der Waals surface area contributed by atoms with Gasteiger partial charge in [-0.3, -0.25) is 19.3 Å². The van der Waals surface area contributed by atoms with Crippen LogP contribution in [-0.2, 0) is 16.1 Å². The van der Waals surface area contributed by atoms with E-state index in [4.69, 9.17) is 0 Å². The van der Waals surface area contributed by atoms with Crippen LogP contribution in [0, 0.1) is 11.3 Å². The average Bonchev–Trinajstić information content (AvgIpc) is 3.49. The van der Waals surface area contributed by atoms with Crippen LogP contribution in [0.5, 0.6) is 0 Å². The first-order chi connectivity index (χ1) is 20.0. The summed E-state index contributed by atoms with van der Waals surface area (Å²) in [6, 6.07) is 27.6. The number of carbonyl (C=O) groups is 3. The SMILES string of the molecule is N#Cc1ccccc1Cn1cc(/C=C2/SC(=O)N(CC(=O)N3CCN(c4ccccc4)CC3)C2=O)c2ccccc21. The monoisotopic (exact) mass is 561 g/mol. The number of nitriles is 1. The highest BCUT2D eigenvalue weighted by Crippen LogP contribution is 2.34. The summed E-state index contributed by atoms with van der Waals surface area (Å²) in [4.78, 5) is 44.5. The minimum absolute atomic E-state index is 0.228.